The predicted octanol–water partition coefficient (Wildman–Crippen LogP) is 6.24. The van der Waals surface area contributed by atoms with Crippen molar-refractivity contribution >= 4 is 69.6 Å². The Morgan fingerprint density at radius 2 is 1.62 bits per heavy atom. The van der Waals surface area contributed by atoms with Crippen LogP contribution in [0.5, 0.6) is 5.88 Å². The zero-order valence-electron chi connectivity index (χ0n) is 43.0. The highest BCUT2D eigenvalue weighted by Crippen LogP contribution is 2.43. The summed E-state index contributed by atoms with van der Waals surface area (Å²) in [4.78, 5) is 91.0. The summed E-state index contributed by atoms with van der Waals surface area (Å²) >= 11 is 1.59. The van der Waals surface area contributed by atoms with Gasteiger partial charge in [-0.05, 0) is 131 Å². The van der Waals surface area contributed by atoms with E-state index in [1.54, 1.807) is 66.7 Å². The molecule has 11 rings (SSSR count). The van der Waals surface area contributed by atoms with E-state index in [9.17, 15) is 29.1 Å². The lowest BCUT2D eigenvalue weighted by atomic mass is 9.89. The fraction of sp³-hybridized carbons (Fsp3) is 0.434. The summed E-state index contributed by atoms with van der Waals surface area (Å²) < 4.78 is 29.1. The van der Waals surface area contributed by atoms with Gasteiger partial charge in [-0.2, -0.15) is 0 Å². The molecule has 71 heavy (non-hydrogen) atoms. The molecule has 0 bridgehead atoms. The molecule has 3 saturated heterocycles. The van der Waals surface area contributed by atoms with E-state index in [-0.39, 0.29) is 47.5 Å². The molecule has 17 nitrogen and oxygen atoms in total. The molecule has 5 aromatic rings. The number of nitrogens with zero attached hydrogens (tertiary/aromatic N) is 8. The van der Waals surface area contributed by atoms with Crippen molar-refractivity contribution in [3.05, 3.63) is 98.6 Å². The summed E-state index contributed by atoms with van der Waals surface area (Å²) in [5, 5.41) is 17.3. The second kappa shape index (κ2) is 18.4. The average molecular weight is 982 g/mol. The summed E-state index contributed by atoms with van der Waals surface area (Å²) in [6.45, 7) is 9.96. The van der Waals surface area contributed by atoms with Gasteiger partial charge in [0.15, 0.2) is 0 Å². The SMILES string of the molecule is [2H]C([2H])([2H])Oc1ncc(-c2ccnc(N3CCc4c(sc5c4CCCC5)C3=O)c2C(C)(C)O)cc1Nc1ccc(N2CCN(C3CCN(c4ccc5c(c4)C(=O)N([C@H]4CCC(=O)NC4=O)C5=O)CC3)C[C@@H]2C)cn1. The largest absolute Gasteiger partial charge is 0.480 e. The fourth-order valence-electron chi connectivity index (χ4n) is 11.6. The zero-order valence-corrected chi connectivity index (χ0v) is 40.8. The Bertz CT molecular complexity index is 3100. The first-order valence-corrected chi connectivity index (χ1v) is 25.4. The normalized spacial score (nSPS) is 21.9. The topological polar surface area (TPSA) is 194 Å². The second-order valence-electron chi connectivity index (χ2n) is 20.0. The Hall–Kier alpha value is -6.76. The number of aromatic nitrogens is 3. The molecule has 5 amide bonds. The summed E-state index contributed by atoms with van der Waals surface area (Å²) in [5.41, 5.74) is 5.17. The van der Waals surface area contributed by atoms with Crippen LogP contribution in [0.15, 0.2) is 61.1 Å². The van der Waals surface area contributed by atoms with Crippen molar-refractivity contribution in [2.45, 2.75) is 102 Å². The van der Waals surface area contributed by atoms with Crippen LogP contribution in [0.1, 0.15) is 115 Å². The van der Waals surface area contributed by atoms with Gasteiger partial charge in [0.1, 0.15) is 23.4 Å². The smallest absolute Gasteiger partial charge is 0.269 e. The molecule has 0 spiro atoms. The highest BCUT2D eigenvalue weighted by Gasteiger charge is 2.45. The molecule has 18 heteroatoms. The fourth-order valence-corrected chi connectivity index (χ4v) is 13.0. The van der Waals surface area contributed by atoms with Gasteiger partial charge in [0, 0.05) is 91.9 Å². The quantitative estimate of drug-likeness (QED) is 0.133. The number of aliphatic hydroxyl groups is 1. The highest BCUT2D eigenvalue weighted by molar-refractivity contribution is 7.14. The minimum atomic E-state index is -2.80. The average Bonchev–Trinajstić information content (AvgIpc) is 3.88. The minimum absolute atomic E-state index is 0.0683. The van der Waals surface area contributed by atoms with Crippen molar-refractivity contribution in [3.8, 4) is 17.0 Å². The molecule has 2 atom stereocenters. The molecule has 3 fully saturated rings. The van der Waals surface area contributed by atoms with Gasteiger partial charge in [0.2, 0.25) is 17.7 Å². The summed E-state index contributed by atoms with van der Waals surface area (Å²) in [7, 11) is -2.80. The number of carbonyl (C=O) groups is 5. The van der Waals surface area contributed by atoms with E-state index >= 15 is 0 Å². The van der Waals surface area contributed by atoms with E-state index in [2.05, 4.69) is 37.2 Å². The Morgan fingerprint density at radius 3 is 2.38 bits per heavy atom. The maximum atomic E-state index is 14.2. The van der Waals surface area contributed by atoms with Gasteiger partial charge >= 0.3 is 0 Å². The number of pyridine rings is 3. The first-order chi connectivity index (χ1) is 35.4. The Kier molecular flexibility index (Phi) is 11.2. The first kappa shape index (κ1) is 43.1. The molecule has 9 heterocycles. The number of piperazine rings is 1. The lowest BCUT2D eigenvalue weighted by Crippen LogP contribution is -2.57. The van der Waals surface area contributed by atoms with E-state index in [0.29, 0.717) is 47.3 Å². The number of carbonyl (C=O) groups excluding carboxylic acids is 5. The van der Waals surface area contributed by atoms with E-state index < -0.39 is 42.3 Å². The monoisotopic (exact) mass is 981 g/mol. The van der Waals surface area contributed by atoms with Gasteiger partial charge in [-0.25, -0.2) is 15.0 Å². The minimum Gasteiger partial charge on any atom is -0.480 e. The number of hydrogen-bond donors (Lipinski definition) is 3. The van der Waals surface area contributed by atoms with Crippen molar-refractivity contribution in [1.29, 1.82) is 0 Å². The van der Waals surface area contributed by atoms with Crippen LogP contribution in [-0.4, -0.2) is 124 Å². The Balaban J connectivity index is 0.754. The lowest BCUT2D eigenvalue weighted by molar-refractivity contribution is -0.136. The van der Waals surface area contributed by atoms with Crippen LogP contribution < -0.4 is 30.1 Å². The summed E-state index contributed by atoms with van der Waals surface area (Å²) in [5.74, 6) is -1.55. The van der Waals surface area contributed by atoms with Gasteiger partial charge in [-0.3, -0.25) is 44.0 Å². The Labute approximate surface area is 420 Å². The van der Waals surface area contributed by atoms with Crippen LogP contribution in [0.3, 0.4) is 0 Å². The third-order valence-electron chi connectivity index (χ3n) is 15.1. The van der Waals surface area contributed by atoms with Gasteiger partial charge < -0.3 is 25.0 Å². The number of benzene rings is 1. The third kappa shape index (κ3) is 8.48. The van der Waals surface area contributed by atoms with E-state index in [1.165, 1.54) is 16.6 Å². The van der Waals surface area contributed by atoms with Crippen molar-refractivity contribution in [1.82, 2.24) is 30.1 Å². The van der Waals surface area contributed by atoms with Gasteiger partial charge in [-0.15, -0.1) is 11.3 Å². The number of rotatable bonds is 10. The predicted molar refractivity (Wildman–Crippen MR) is 270 cm³/mol. The van der Waals surface area contributed by atoms with Crippen molar-refractivity contribution in [2.75, 3.05) is 66.3 Å². The van der Waals surface area contributed by atoms with Gasteiger partial charge in [0.25, 0.3) is 17.7 Å². The number of amides is 5. The van der Waals surface area contributed by atoms with Crippen LogP contribution in [0.25, 0.3) is 11.1 Å². The number of nitrogens with one attached hydrogen (secondary N) is 2. The molecular weight excluding hydrogens is 921 g/mol. The molecule has 5 aliphatic heterocycles. The third-order valence-corrected chi connectivity index (χ3v) is 16.5. The van der Waals surface area contributed by atoms with E-state index in [1.807, 2.05) is 18.2 Å². The molecule has 6 aliphatic rings. The second-order valence-corrected chi connectivity index (χ2v) is 21.1. The number of fused-ring (bicyclic) bond motifs is 4. The number of anilines is 5. The number of methoxy groups -OCH3 is 1. The number of thiophene rings is 1. The highest BCUT2D eigenvalue weighted by atomic mass is 32.1. The number of piperidine rings is 2. The molecule has 0 saturated carbocycles. The molecular formula is C53H58N10O7S. The molecule has 4 aromatic heterocycles. The zero-order chi connectivity index (χ0) is 51.8. The number of aryl methyl sites for hydroxylation is 1. The number of ether oxygens (including phenoxy) is 1. The molecule has 0 unspecified atom stereocenters. The van der Waals surface area contributed by atoms with Crippen LogP contribution >= 0.6 is 11.3 Å². The lowest BCUT2D eigenvalue weighted by Gasteiger charge is -2.46. The van der Waals surface area contributed by atoms with Crippen LogP contribution in [-0.2, 0) is 34.5 Å². The summed E-state index contributed by atoms with van der Waals surface area (Å²) in [6.07, 6.45) is 11.9. The maximum absolute atomic E-state index is 14.2. The van der Waals surface area contributed by atoms with Crippen molar-refractivity contribution in [3.63, 3.8) is 0 Å². The number of hydrogen-bond acceptors (Lipinski definition) is 15. The van der Waals surface area contributed by atoms with Gasteiger partial charge in [0.05, 0.1) is 44.6 Å². The van der Waals surface area contributed by atoms with Gasteiger partial charge in [-0.1, -0.05) is 0 Å². The molecule has 3 N–H and O–H groups in total. The molecule has 368 valence electrons. The maximum Gasteiger partial charge on any atom is 0.269 e. The Morgan fingerprint density at radius 1 is 0.817 bits per heavy atom. The van der Waals surface area contributed by atoms with Crippen LogP contribution in [0, 0.1) is 0 Å². The first-order valence-electron chi connectivity index (χ1n) is 26.1. The van der Waals surface area contributed by atoms with E-state index in [4.69, 9.17) is 18.8 Å². The standard InChI is InChI=1S/C53H58N10O7S/c1-30-29-60(32-16-20-59(21-17-32)33-9-11-38-39(26-33)51(67)63(50(38)66)41-12-14-44(64)58-48(41)65)23-24-61(30)34-10-13-43(55-28-34)57-40-25-31(27-56-49(40)70-4)35-15-19-54-47(45(35)53(2,3)69)62-22-18-37-36-7-5-6-8-42(36)71-46(37)52(62)68/h9-11,13,15,19,25-28,30,32,41,69H,5-8,12,14,16-18,20-24,29H2,1-4H3,(H,55,57)(H,58,64,65)/t30-,41-/m0/s1/i4D3. The van der Waals surface area contributed by atoms with Crippen LogP contribution in [0.4, 0.5) is 28.7 Å². The van der Waals surface area contributed by atoms with E-state index in [0.717, 1.165) is 98.0 Å². The molecule has 1 aromatic carbocycles. The van der Waals surface area contributed by atoms with Crippen molar-refractivity contribution in [2.24, 2.45) is 0 Å². The van der Waals surface area contributed by atoms with Crippen LogP contribution in [0.2, 0.25) is 0 Å². The van der Waals surface area contributed by atoms with Crippen molar-refractivity contribution < 1.29 is 37.9 Å². The molecule has 1 aliphatic carbocycles. The number of imide groups is 2. The summed E-state index contributed by atoms with van der Waals surface area (Å²) in [6, 6.07) is 12.1. The molecule has 0 radical (unpaired) electrons.